The third-order valence-electron chi connectivity index (χ3n) is 4.30. The minimum absolute atomic E-state index is 0.0907. The standard InChI is InChI=1S/C19H18ClN5O3/c1-25-10-13(28-19(25)26)11-27-14-7-8-21-16-15(14)23-18(20)24-17(16)22-9-12-5-3-2-4-6-12/h2-8,13H,9-11H2,1H3,(H,22,23,24). The van der Waals surface area contributed by atoms with E-state index in [1.165, 1.54) is 4.90 Å². The smallest absolute Gasteiger partial charge is 0.410 e. The Bertz CT molecular complexity index is 1000. The van der Waals surface area contributed by atoms with Crippen LogP contribution in [0.25, 0.3) is 11.0 Å². The van der Waals surface area contributed by atoms with E-state index < -0.39 is 0 Å². The zero-order valence-corrected chi connectivity index (χ0v) is 15.9. The SMILES string of the molecule is CN1CC(COc2ccnc3c(NCc4ccccc4)nc(Cl)nc23)OC1=O. The molecule has 1 fully saturated rings. The number of nitrogens with zero attached hydrogens (tertiary/aromatic N) is 4. The van der Waals surface area contributed by atoms with Crippen LogP contribution < -0.4 is 10.1 Å². The third kappa shape index (κ3) is 3.91. The lowest BCUT2D eigenvalue weighted by molar-refractivity contribution is 0.104. The molecule has 0 bridgehead atoms. The molecular weight excluding hydrogens is 382 g/mol. The van der Waals surface area contributed by atoms with E-state index in [1.54, 1.807) is 19.3 Å². The first-order chi connectivity index (χ1) is 13.6. The van der Waals surface area contributed by atoms with Crippen molar-refractivity contribution in [1.82, 2.24) is 19.9 Å². The number of aromatic nitrogens is 3. The van der Waals surface area contributed by atoms with Crippen molar-refractivity contribution in [2.45, 2.75) is 12.6 Å². The van der Waals surface area contributed by atoms with Crippen molar-refractivity contribution in [3.05, 3.63) is 53.4 Å². The summed E-state index contributed by atoms with van der Waals surface area (Å²) >= 11 is 6.12. The van der Waals surface area contributed by atoms with Gasteiger partial charge in [0.1, 0.15) is 23.4 Å². The van der Waals surface area contributed by atoms with Crippen molar-refractivity contribution in [1.29, 1.82) is 0 Å². The molecule has 1 saturated heterocycles. The summed E-state index contributed by atoms with van der Waals surface area (Å²) in [6.07, 6.45) is 0.926. The van der Waals surface area contributed by atoms with E-state index in [4.69, 9.17) is 21.1 Å². The number of cyclic esters (lactones) is 1. The van der Waals surface area contributed by atoms with Gasteiger partial charge in [-0.15, -0.1) is 0 Å². The number of carbonyl (C=O) groups excluding carboxylic acids is 1. The summed E-state index contributed by atoms with van der Waals surface area (Å²) < 4.78 is 11.1. The van der Waals surface area contributed by atoms with Crippen LogP contribution in [0.5, 0.6) is 5.75 Å². The largest absolute Gasteiger partial charge is 0.487 e. The molecule has 144 valence electrons. The Labute approximate surface area is 166 Å². The van der Waals surface area contributed by atoms with Crippen LogP contribution in [0.15, 0.2) is 42.6 Å². The Hall–Kier alpha value is -3.13. The molecule has 1 unspecified atom stereocenters. The first-order valence-corrected chi connectivity index (χ1v) is 9.12. The molecule has 3 aromatic rings. The predicted octanol–water partition coefficient (Wildman–Crippen LogP) is 3.12. The van der Waals surface area contributed by atoms with Crippen LogP contribution >= 0.6 is 11.6 Å². The number of amides is 1. The topological polar surface area (TPSA) is 89.5 Å². The van der Waals surface area contributed by atoms with Gasteiger partial charge in [0.05, 0.1) is 6.54 Å². The molecule has 1 N–H and O–H groups in total. The number of carbonyl (C=O) groups is 1. The number of likely N-dealkylation sites (N-methyl/N-ethyl adjacent to an activating group) is 1. The van der Waals surface area contributed by atoms with E-state index in [-0.39, 0.29) is 24.1 Å². The minimum atomic E-state index is -0.356. The van der Waals surface area contributed by atoms with Crippen molar-refractivity contribution >= 4 is 34.5 Å². The zero-order valence-electron chi connectivity index (χ0n) is 15.1. The van der Waals surface area contributed by atoms with Gasteiger partial charge in [-0.05, 0) is 17.2 Å². The van der Waals surface area contributed by atoms with Crippen molar-refractivity contribution in [2.75, 3.05) is 25.5 Å². The molecule has 1 amide bonds. The maximum absolute atomic E-state index is 11.5. The van der Waals surface area contributed by atoms with Gasteiger partial charge in [0.15, 0.2) is 11.9 Å². The molecule has 1 atom stereocenters. The second-order valence-corrected chi connectivity index (χ2v) is 6.72. The number of benzene rings is 1. The fourth-order valence-electron chi connectivity index (χ4n) is 2.92. The van der Waals surface area contributed by atoms with E-state index >= 15 is 0 Å². The molecule has 1 aliphatic rings. The van der Waals surface area contributed by atoms with E-state index in [0.29, 0.717) is 35.7 Å². The van der Waals surface area contributed by atoms with Crippen molar-refractivity contribution in [3.8, 4) is 5.75 Å². The minimum Gasteiger partial charge on any atom is -0.487 e. The monoisotopic (exact) mass is 399 g/mol. The summed E-state index contributed by atoms with van der Waals surface area (Å²) in [4.78, 5) is 25.9. The van der Waals surface area contributed by atoms with Crippen LogP contribution in [-0.4, -0.2) is 52.2 Å². The lowest BCUT2D eigenvalue weighted by Crippen LogP contribution is -2.23. The summed E-state index contributed by atoms with van der Waals surface area (Å²) in [6, 6.07) is 11.6. The van der Waals surface area contributed by atoms with Crippen molar-refractivity contribution in [3.63, 3.8) is 0 Å². The van der Waals surface area contributed by atoms with Gasteiger partial charge in [-0.3, -0.25) is 4.98 Å². The zero-order chi connectivity index (χ0) is 19.5. The Kier molecular flexibility index (Phi) is 5.12. The fraction of sp³-hybridized carbons (Fsp3) is 0.263. The summed E-state index contributed by atoms with van der Waals surface area (Å²) in [6.45, 7) is 1.26. The Morgan fingerprint density at radius 2 is 2.07 bits per heavy atom. The van der Waals surface area contributed by atoms with Crippen LogP contribution in [-0.2, 0) is 11.3 Å². The second kappa shape index (κ2) is 7.85. The quantitative estimate of drug-likeness (QED) is 0.637. The number of ether oxygens (including phenoxy) is 2. The Balaban J connectivity index is 1.55. The van der Waals surface area contributed by atoms with E-state index in [0.717, 1.165) is 5.56 Å². The van der Waals surface area contributed by atoms with E-state index in [9.17, 15) is 4.79 Å². The number of halogens is 1. The molecule has 0 aliphatic carbocycles. The lowest BCUT2D eigenvalue weighted by atomic mass is 10.2. The highest BCUT2D eigenvalue weighted by Gasteiger charge is 2.29. The van der Waals surface area contributed by atoms with Crippen molar-refractivity contribution in [2.24, 2.45) is 0 Å². The van der Waals surface area contributed by atoms with Crippen LogP contribution in [0.2, 0.25) is 5.28 Å². The number of rotatable bonds is 6. The fourth-order valence-corrected chi connectivity index (χ4v) is 3.09. The summed E-state index contributed by atoms with van der Waals surface area (Å²) in [5.74, 6) is 1.03. The average molecular weight is 400 g/mol. The van der Waals surface area contributed by atoms with Crippen LogP contribution in [0, 0.1) is 0 Å². The molecule has 0 radical (unpaired) electrons. The third-order valence-corrected chi connectivity index (χ3v) is 4.47. The van der Waals surface area contributed by atoms with Crippen molar-refractivity contribution < 1.29 is 14.3 Å². The van der Waals surface area contributed by atoms with Crippen LogP contribution in [0.1, 0.15) is 5.56 Å². The summed E-state index contributed by atoms with van der Waals surface area (Å²) in [5, 5.41) is 3.34. The van der Waals surface area contributed by atoms with E-state index in [2.05, 4.69) is 20.3 Å². The number of fused-ring (bicyclic) bond motifs is 1. The number of hydrogen-bond acceptors (Lipinski definition) is 7. The second-order valence-electron chi connectivity index (χ2n) is 6.38. The van der Waals surface area contributed by atoms with Gasteiger partial charge in [-0.2, -0.15) is 4.98 Å². The lowest BCUT2D eigenvalue weighted by Gasteiger charge is -2.13. The molecule has 1 aliphatic heterocycles. The predicted molar refractivity (Wildman–Crippen MR) is 105 cm³/mol. The van der Waals surface area contributed by atoms with Gasteiger partial charge in [-0.1, -0.05) is 30.3 Å². The van der Waals surface area contributed by atoms with Gasteiger partial charge >= 0.3 is 6.09 Å². The molecular formula is C19H18ClN5O3. The molecule has 8 nitrogen and oxygen atoms in total. The highest BCUT2D eigenvalue weighted by molar-refractivity contribution is 6.28. The van der Waals surface area contributed by atoms with Gasteiger partial charge in [0, 0.05) is 25.9 Å². The Morgan fingerprint density at radius 1 is 1.25 bits per heavy atom. The number of pyridine rings is 1. The van der Waals surface area contributed by atoms with Crippen LogP contribution in [0.3, 0.4) is 0 Å². The maximum atomic E-state index is 11.5. The average Bonchev–Trinajstić information content (AvgIpc) is 3.03. The molecule has 4 rings (SSSR count). The first-order valence-electron chi connectivity index (χ1n) is 8.75. The molecule has 28 heavy (non-hydrogen) atoms. The normalized spacial score (nSPS) is 16.3. The molecule has 9 heteroatoms. The first kappa shape index (κ1) is 18.2. The molecule has 1 aromatic carbocycles. The summed E-state index contributed by atoms with van der Waals surface area (Å²) in [7, 11) is 1.68. The van der Waals surface area contributed by atoms with Gasteiger partial charge in [-0.25, -0.2) is 9.78 Å². The molecule has 0 saturated carbocycles. The summed E-state index contributed by atoms with van der Waals surface area (Å²) in [5.41, 5.74) is 2.15. The number of hydrogen-bond donors (Lipinski definition) is 1. The van der Waals surface area contributed by atoms with Crippen LogP contribution in [0.4, 0.5) is 10.6 Å². The highest BCUT2D eigenvalue weighted by Crippen LogP contribution is 2.28. The number of anilines is 1. The molecule has 0 spiro atoms. The molecule has 2 aromatic heterocycles. The maximum Gasteiger partial charge on any atom is 0.410 e. The molecule has 3 heterocycles. The Morgan fingerprint density at radius 3 is 2.82 bits per heavy atom. The van der Waals surface area contributed by atoms with Gasteiger partial charge in [0.2, 0.25) is 5.28 Å². The van der Waals surface area contributed by atoms with E-state index in [1.807, 2.05) is 30.3 Å². The number of nitrogens with one attached hydrogen (secondary N) is 1. The van der Waals surface area contributed by atoms with Gasteiger partial charge < -0.3 is 19.7 Å². The highest BCUT2D eigenvalue weighted by atomic mass is 35.5. The van der Waals surface area contributed by atoms with Gasteiger partial charge in [0.25, 0.3) is 0 Å².